The van der Waals surface area contributed by atoms with Gasteiger partial charge in [-0.15, -0.1) is 0 Å². The van der Waals surface area contributed by atoms with Crippen molar-refractivity contribution in [1.29, 1.82) is 0 Å². The van der Waals surface area contributed by atoms with Crippen LogP contribution in [0, 0.1) is 19.1 Å². The maximum Gasteiger partial charge on any atom is 0.322 e. The largest absolute Gasteiger partial charge is 0.461 e. The summed E-state index contributed by atoms with van der Waals surface area (Å²) in [6, 6.07) is 9.14. The zero-order valence-electron chi connectivity index (χ0n) is 10.8. The number of carbonyl (C=O) groups excluding carboxylic acids is 1. The van der Waals surface area contributed by atoms with Gasteiger partial charge in [0.2, 0.25) is 0 Å². The Morgan fingerprint density at radius 3 is 2.59 bits per heavy atom. The summed E-state index contributed by atoms with van der Waals surface area (Å²) in [5, 5.41) is 0. The number of hydrogen-bond donors (Lipinski definition) is 1. The molecule has 0 bridgehead atoms. The molecule has 0 amide bonds. The molecule has 0 fully saturated rings. The van der Waals surface area contributed by atoms with E-state index in [4.69, 9.17) is 10.5 Å². The highest BCUT2D eigenvalue weighted by atomic mass is 16.5. The lowest BCUT2D eigenvalue weighted by molar-refractivity contribution is -0.150. The molecule has 17 heavy (non-hydrogen) atoms. The Morgan fingerprint density at radius 2 is 2.06 bits per heavy atom. The van der Waals surface area contributed by atoms with Crippen molar-refractivity contribution in [2.24, 2.45) is 5.73 Å². The van der Waals surface area contributed by atoms with Gasteiger partial charge in [0.15, 0.2) is 0 Å². The Balaban J connectivity index is 2.73. The molecule has 0 aliphatic carbocycles. The van der Waals surface area contributed by atoms with E-state index >= 15 is 0 Å². The van der Waals surface area contributed by atoms with Crippen LogP contribution in [0.2, 0.25) is 0 Å². The zero-order chi connectivity index (χ0) is 13.0. The summed E-state index contributed by atoms with van der Waals surface area (Å²) in [4.78, 5) is 11.4. The molecule has 0 aliphatic heterocycles. The molecule has 0 heterocycles. The summed E-state index contributed by atoms with van der Waals surface area (Å²) in [6.07, 6.45) is -0.206. The van der Waals surface area contributed by atoms with E-state index < -0.39 is 6.04 Å². The van der Waals surface area contributed by atoms with E-state index in [0.29, 0.717) is 0 Å². The first-order valence-electron chi connectivity index (χ1n) is 5.78. The molecule has 0 saturated heterocycles. The molecule has 0 radical (unpaired) electrons. The van der Waals surface area contributed by atoms with Crippen molar-refractivity contribution in [3.05, 3.63) is 35.4 Å². The van der Waals surface area contributed by atoms with Gasteiger partial charge in [-0.1, -0.05) is 19.1 Å². The normalized spacial score (nSPS) is 15.6. The topological polar surface area (TPSA) is 52.3 Å². The second-order valence-corrected chi connectivity index (χ2v) is 4.40. The molecule has 0 unspecified atom stereocenters. The highest BCUT2D eigenvalue weighted by Gasteiger charge is 2.21. The Bertz CT molecular complexity index is 388. The van der Waals surface area contributed by atoms with Crippen LogP contribution in [0.1, 0.15) is 37.8 Å². The van der Waals surface area contributed by atoms with Gasteiger partial charge in [0, 0.05) is 11.5 Å². The van der Waals surface area contributed by atoms with Crippen molar-refractivity contribution < 1.29 is 9.53 Å². The minimum Gasteiger partial charge on any atom is -0.461 e. The van der Waals surface area contributed by atoms with Crippen molar-refractivity contribution in [3.63, 3.8) is 0 Å². The van der Waals surface area contributed by atoms with Gasteiger partial charge in [-0.05, 0) is 38.5 Å². The van der Waals surface area contributed by atoms with E-state index in [1.54, 1.807) is 6.92 Å². The van der Waals surface area contributed by atoms with Gasteiger partial charge >= 0.3 is 5.97 Å². The highest BCUT2D eigenvalue weighted by molar-refractivity contribution is 5.75. The Hall–Kier alpha value is -1.53. The predicted molar refractivity (Wildman–Crippen MR) is 66.5 cm³/mol. The summed E-state index contributed by atoms with van der Waals surface area (Å²) in [7, 11) is 0. The van der Waals surface area contributed by atoms with Gasteiger partial charge in [-0.3, -0.25) is 4.79 Å². The first-order valence-corrected chi connectivity index (χ1v) is 5.78. The minimum atomic E-state index is -0.582. The Labute approximate surface area is 103 Å². The van der Waals surface area contributed by atoms with E-state index in [9.17, 15) is 4.79 Å². The van der Waals surface area contributed by atoms with Crippen molar-refractivity contribution in [3.8, 4) is 0 Å². The molecule has 3 heteroatoms. The van der Waals surface area contributed by atoms with E-state index in [1.165, 1.54) is 0 Å². The number of hydrogen-bond acceptors (Lipinski definition) is 3. The predicted octanol–water partition coefficient (Wildman–Crippen LogP) is 1.98. The maximum atomic E-state index is 11.4. The third kappa shape index (κ3) is 3.47. The lowest BCUT2D eigenvalue weighted by Crippen LogP contribution is -2.33. The van der Waals surface area contributed by atoms with Crippen LogP contribution in [-0.4, -0.2) is 18.1 Å². The van der Waals surface area contributed by atoms with E-state index in [-0.39, 0.29) is 18.0 Å². The molecule has 0 spiro atoms. The van der Waals surface area contributed by atoms with Gasteiger partial charge in [-0.25, -0.2) is 0 Å². The first kappa shape index (κ1) is 13.5. The van der Waals surface area contributed by atoms with Crippen LogP contribution in [0.3, 0.4) is 0 Å². The van der Waals surface area contributed by atoms with Gasteiger partial charge in [0.1, 0.15) is 12.1 Å². The summed E-state index contributed by atoms with van der Waals surface area (Å²) >= 11 is 0. The summed E-state index contributed by atoms with van der Waals surface area (Å²) in [5.41, 5.74) is 7.62. The number of carbonyl (C=O) groups is 1. The monoisotopic (exact) mass is 233 g/mol. The zero-order valence-corrected chi connectivity index (χ0v) is 10.8. The van der Waals surface area contributed by atoms with Crippen LogP contribution < -0.4 is 5.73 Å². The molecule has 2 N–H and O–H groups in total. The number of nitrogens with two attached hydrogens (primary N) is 1. The molecule has 0 aromatic heterocycles. The quantitative estimate of drug-likeness (QED) is 0.809. The molecule has 3 nitrogen and oxygen atoms in total. The van der Waals surface area contributed by atoms with Crippen LogP contribution in [0.5, 0.6) is 0 Å². The van der Waals surface area contributed by atoms with Gasteiger partial charge in [0.25, 0.3) is 0 Å². The van der Waals surface area contributed by atoms with Gasteiger partial charge in [-0.2, -0.15) is 0 Å². The fraction of sp³-hybridized carbons (Fsp3) is 0.500. The van der Waals surface area contributed by atoms with Crippen LogP contribution in [0.25, 0.3) is 0 Å². The summed E-state index contributed by atoms with van der Waals surface area (Å²) < 4.78 is 5.29. The SMILES string of the molecule is Cc1c#cccc1[C@H](C)[C@H](C)OC(=O)[C@H](C)N. The van der Waals surface area contributed by atoms with Crippen molar-refractivity contribution in [2.75, 3.05) is 0 Å². The second-order valence-electron chi connectivity index (χ2n) is 4.40. The van der Waals surface area contributed by atoms with E-state index in [0.717, 1.165) is 11.1 Å². The lowest BCUT2D eigenvalue weighted by atomic mass is 9.93. The second kappa shape index (κ2) is 5.70. The third-order valence-electron chi connectivity index (χ3n) is 2.91. The van der Waals surface area contributed by atoms with Crippen LogP contribution in [0.4, 0.5) is 0 Å². The average Bonchev–Trinajstić information content (AvgIpc) is 2.28. The van der Waals surface area contributed by atoms with Gasteiger partial charge in [0.05, 0.1) is 0 Å². The summed E-state index contributed by atoms with van der Waals surface area (Å²) in [6.45, 7) is 7.50. The molecular weight excluding hydrogens is 214 g/mol. The molecule has 1 aromatic carbocycles. The van der Waals surface area contributed by atoms with Crippen molar-refractivity contribution >= 4 is 5.97 Å². The number of esters is 1. The van der Waals surface area contributed by atoms with Crippen LogP contribution in [0.15, 0.2) is 12.1 Å². The minimum absolute atomic E-state index is 0.114. The first-order chi connectivity index (χ1) is 7.93. The molecular formula is C14H19NO2. The average molecular weight is 233 g/mol. The standard InChI is InChI=1S/C14H19NO2/c1-9-7-5-6-8-13(9)10(2)12(4)17-14(16)11(3)15/h6,8,10-12H,15H2,1-4H3/t10-,11+,12+/m1/s1. The van der Waals surface area contributed by atoms with E-state index in [1.807, 2.05) is 32.9 Å². The number of ether oxygens (including phenoxy) is 1. The molecule has 3 atom stereocenters. The molecule has 92 valence electrons. The fourth-order valence-electron chi connectivity index (χ4n) is 1.62. The third-order valence-corrected chi connectivity index (χ3v) is 2.91. The highest BCUT2D eigenvalue weighted by Crippen LogP contribution is 2.23. The van der Waals surface area contributed by atoms with E-state index in [2.05, 4.69) is 12.1 Å². The molecule has 0 saturated carbocycles. The molecule has 1 aromatic rings. The Morgan fingerprint density at radius 1 is 1.41 bits per heavy atom. The van der Waals surface area contributed by atoms with Crippen molar-refractivity contribution in [1.82, 2.24) is 0 Å². The maximum absolute atomic E-state index is 11.4. The lowest BCUT2D eigenvalue weighted by Gasteiger charge is -2.22. The molecule has 1 rings (SSSR count). The molecule has 0 aliphatic rings. The van der Waals surface area contributed by atoms with Crippen LogP contribution >= 0.6 is 0 Å². The van der Waals surface area contributed by atoms with Gasteiger partial charge < -0.3 is 10.5 Å². The fourth-order valence-corrected chi connectivity index (χ4v) is 1.62. The smallest absolute Gasteiger partial charge is 0.322 e. The van der Waals surface area contributed by atoms with Crippen molar-refractivity contribution in [2.45, 2.75) is 45.8 Å². The summed E-state index contributed by atoms with van der Waals surface area (Å²) in [5.74, 6) is -0.253. The number of rotatable bonds is 4. The Kier molecular flexibility index (Phi) is 4.53. The van der Waals surface area contributed by atoms with Crippen LogP contribution in [-0.2, 0) is 9.53 Å².